The molecule has 3 nitrogen and oxygen atoms in total. The Morgan fingerprint density at radius 1 is 1.08 bits per heavy atom. The number of hydrogen-bond donors (Lipinski definition) is 0. The third-order valence-electron chi connectivity index (χ3n) is 5.20. The summed E-state index contributed by atoms with van der Waals surface area (Å²) >= 11 is 0. The molecule has 0 N–H and O–H groups in total. The van der Waals surface area contributed by atoms with E-state index >= 15 is 0 Å². The van der Waals surface area contributed by atoms with E-state index < -0.39 is 0 Å². The van der Waals surface area contributed by atoms with Crippen LogP contribution in [0.15, 0.2) is 36.5 Å². The van der Waals surface area contributed by atoms with E-state index in [0.29, 0.717) is 0 Å². The van der Waals surface area contributed by atoms with Gasteiger partial charge in [-0.2, -0.15) is 0 Å². The molecule has 138 valence electrons. The van der Waals surface area contributed by atoms with Crippen molar-refractivity contribution in [1.29, 1.82) is 0 Å². The summed E-state index contributed by atoms with van der Waals surface area (Å²) in [6.07, 6.45) is 4.20. The van der Waals surface area contributed by atoms with Crippen LogP contribution in [0.5, 0.6) is 0 Å². The Kier molecular flexibility index (Phi) is 5.77. The van der Waals surface area contributed by atoms with Gasteiger partial charge in [0.05, 0.1) is 0 Å². The molecule has 26 heavy (non-hydrogen) atoms. The molecule has 3 heterocycles. The lowest BCUT2D eigenvalue weighted by Gasteiger charge is -2.24. The highest BCUT2D eigenvalue weighted by molar-refractivity contribution is 5.86. The molecule has 3 heteroatoms. The van der Waals surface area contributed by atoms with Gasteiger partial charge in [-0.05, 0) is 56.6 Å². The molecule has 0 radical (unpaired) electrons. The number of pyridine rings is 1. The molecule has 0 spiro atoms. The first kappa shape index (κ1) is 18.7. The normalized spacial score (nSPS) is 14.0. The fraction of sp³-hybridized carbons (Fsp3) is 0.435. The van der Waals surface area contributed by atoms with E-state index in [1.165, 1.54) is 33.3 Å². The Morgan fingerprint density at radius 2 is 1.88 bits per heavy atom. The van der Waals surface area contributed by atoms with E-state index in [1.807, 2.05) is 27.0 Å². The maximum atomic E-state index is 4.43. The first-order chi connectivity index (χ1) is 12.6. The Hall–Kier alpha value is -2.13. The zero-order chi connectivity index (χ0) is 18.7. The molecule has 2 aromatic heterocycles. The van der Waals surface area contributed by atoms with Gasteiger partial charge >= 0.3 is 0 Å². The molecule has 0 unspecified atom stereocenters. The molecule has 1 aliphatic heterocycles. The second kappa shape index (κ2) is 8.05. The van der Waals surface area contributed by atoms with Crippen LogP contribution in [-0.4, -0.2) is 28.0 Å². The molecule has 4 rings (SSSR count). The second-order valence-corrected chi connectivity index (χ2v) is 7.14. The third kappa shape index (κ3) is 3.68. The van der Waals surface area contributed by atoms with Crippen molar-refractivity contribution in [3.63, 3.8) is 0 Å². The van der Waals surface area contributed by atoms with Crippen molar-refractivity contribution < 1.29 is 0 Å². The van der Waals surface area contributed by atoms with Crippen LogP contribution in [0.1, 0.15) is 41.9 Å². The van der Waals surface area contributed by atoms with Gasteiger partial charge in [0.25, 0.3) is 0 Å². The highest BCUT2D eigenvalue weighted by Crippen LogP contribution is 2.31. The smallest absolute Gasteiger partial charge is 0.0486 e. The maximum absolute atomic E-state index is 4.43. The van der Waals surface area contributed by atoms with Crippen molar-refractivity contribution >= 4 is 10.9 Å². The van der Waals surface area contributed by atoms with Crippen molar-refractivity contribution in [3.05, 3.63) is 64.6 Å². The number of aromatic nitrogens is 2. The standard InChI is InChI=1S/C21H25N3.C2H6/c1-15-4-7-20-18(12-15)19-14-23(3)10-9-21(19)24(20)11-8-17-6-5-16(2)22-13-17;1-2/h4-7,12-13H,8-11,14H2,1-3H3;1-2H3. The fourth-order valence-corrected chi connectivity index (χ4v) is 3.84. The molecule has 1 aromatic carbocycles. The average molecular weight is 350 g/mol. The third-order valence-corrected chi connectivity index (χ3v) is 5.20. The Balaban J connectivity index is 0.000000948. The summed E-state index contributed by atoms with van der Waals surface area (Å²) in [5.41, 5.74) is 8.20. The number of hydrogen-bond acceptors (Lipinski definition) is 2. The number of nitrogens with zero attached hydrogens (tertiary/aromatic N) is 3. The molecule has 0 atom stereocenters. The van der Waals surface area contributed by atoms with E-state index in [0.717, 1.165) is 38.2 Å². The molecule has 0 amide bonds. The van der Waals surface area contributed by atoms with Crippen LogP contribution < -0.4 is 0 Å². The van der Waals surface area contributed by atoms with Gasteiger partial charge in [-0.1, -0.05) is 31.5 Å². The predicted octanol–water partition coefficient (Wildman–Crippen LogP) is 4.91. The van der Waals surface area contributed by atoms with E-state index in [-0.39, 0.29) is 0 Å². The van der Waals surface area contributed by atoms with E-state index in [4.69, 9.17) is 0 Å². The molecule has 0 fully saturated rings. The minimum Gasteiger partial charge on any atom is -0.344 e. The first-order valence-electron chi connectivity index (χ1n) is 9.82. The van der Waals surface area contributed by atoms with Gasteiger partial charge < -0.3 is 9.47 Å². The monoisotopic (exact) mass is 349 g/mol. The summed E-state index contributed by atoms with van der Waals surface area (Å²) in [6, 6.07) is 11.2. The number of fused-ring (bicyclic) bond motifs is 3. The van der Waals surface area contributed by atoms with Gasteiger partial charge in [-0.15, -0.1) is 0 Å². The van der Waals surface area contributed by atoms with Crippen LogP contribution in [0.3, 0.4) is 0 Å². The van der Waals surface area contributed by atoms with Crippen molar-refractivity contribution in [2.45, 2.75) is 53.6 Å². The highest BCUT2D eigenvalue weighted by Gasteiger charge is 2.22. The van der Waals surface area contributed by atoms with Crippen molar-refractivity contribution in [3.8, 4) is 0 Å². The van der Waals surface area contributed by atoms with E-state index in [1.54, 1.807) is 0 Å². The molecule has 0 saturated carbocycles. The summed E-state index contributed by atoms with van der Waals surface area (Å²) in [5, 5.41) is 1.44. The highest BCUT2D eigenvalue weighted by atomic mass is 15.1. The summed E-state index contributed by atoms with van der Waals surface area (Å²) in [4.78, 5) is 6.86. The van der Waals surface area contributed by atoms with Crippen LogP contribution in [0.2, 0.25) is 0 Å². The van der Waals surface area contributed by atoms with Crippen LogP contribution in [-0.2, 0) is 25.9 Å². The maximum Gasteiger partial charge on any atom is 0.0486 e. The molecule has 0 bridgehead atoms. The topological polar surface area (TPSA) is 21.1 Å². The quantitative estimate of drug-likeness (QED) is 0.670. The van der Waals surface area contributed by atoms with Crippen LogP contribution in [0.4, 0.5) is 0 Å². The van der Waals surface area contributed by atoms with Crippen LogP contribution in [0.25, 0.3) is 10.9 Å². The van der Waals surface area contributed by atoms with Crippen molar-refractivity contribution in [2.24, 2.45) is 0 Å². The minimum atomic E-state index is 1.03. The molecule has 0 saturated heterocycles. The van der Waals surface area contributed by atoms with Gasteiger partial charge in [0.15, 0.2) is 0 Å². The summed E-state index contributed by atoms with van der Waals surface area (Å²) in [5.74, 6) is 0. The molecule has 0 aliphatic carbocycles. The molecular formula is C23H31N3. The Morgan fingerprint density at radius 3 is 2.62 bits per heavy atom. The van der Waals surface area contributed by atoms with Gasteiger partial charge in [0.1, 0.15) is 0 Å². The Bertz CT molecular complexity index is 875. The average Bonchev–Trinajstić information content (AvgIpc) is 2.95. The van der Waals surface area contributed by atoms with Crippen LogP contribution >= 0.6 is 0 Å². The van der Waals surface area contributed by atoms with Crippen molar-refractivity contribution in [1.82, 2.24) is 14.5 Å². The lowest BCUT2D eigenvalue weighted by molar-refractivity contribution is 0.309. The number of likely N-dealkylation sites (N-methyl/N-ethyl adjacent to an activating group) is 1. The zero-order valence-electron chi connectivity index (χ0n) is 16.8. The minimum absolute atomic E-state index is 1.03. The molecule has 1 aliphatic rings. The fourth-order valence-electron chi connectivity index (χ4n) is 3.84. The lowest BCUT2D eigenvalue weighted by Crippen LogP contribution is -2.27. The van der Waals surface area contributed by atoms with Crippen molar-refractivity contribution in [2.75, 3.05) is 13.6 Å². The summed E-state index contributed by atoms with van der Waals surface area (Å²) in [6.45, 7) is 11.5. The van der Waals surface area contributed by atoms with E-state index in [2.05, 4.69) is 58.8 Å². The summed E-state index contributed by atoms with van der Waals surface area (Å²) in [7, 11) is 2.22. The molecular weight excluding hydrogens is 318 g/mol. The number of rotatable bonds is 3. The predicted molar refractivity (Wildman–Crippen MR) is 111 cm³/mol. The van der Waals surface area contributed by atoms with Gasteiger partial charge in [0, 0.05) is 54.5 Å². The zero-order valence-corrected chi connectivity index (χ0v) is 16.8. The Labute approximate surface area is 157 Å². The van der Waals surface area contributed by atoms with Crippen LogP contribution in [0, 0.1) is 13.8 Å². The van der Waals surface area contributed by atoms with Gasteiger partial charge in [-0.25, -0.2) is 0 Å². The summed E-state index contributed by atoms with van der Waals surface area (Å²) < 4.78 is 2.55. The molecule has 3 aromatic rings. The second-order valence-electron chi connectivity index (χ2n) is 7.14. The first-order valence-corrected chi connectivity index (χ1v) is 9.82. The van der Waals surface area contributed by atoms with E-state index in [9.17, 15) is 0 Å². The largest absolute Gasteiger partial charge is 0.344 e. The van der Waals surface area contributed by atoms with Gasteiger partial charge in [-0.3, -0.25) is 4.98 Å². The number of benzene rings is 1. The number of aryl methyl sites for hydroxylation is 4. The SMILES string of the molecule is CC.Cc1ccc2c(c1)c1c(n2CCc2ccc(C)nc2)CCN(C)C1. The lowest BCUT2D eigenvalue weighted by atomic mass is 10.0. The van der Waals surface area contributed by atoms with Gasteiger partial charge in [0.2, 0.25) is 0 Å².